The Morgan fingerprint density at radius 3 is 2.71 bits per heavy atom. The number of aliphatic hydroxyl groups excluding tert-OH is 1. The molecule has 1 fully saturated rings. The first kappa shape index (κ1) is 12.5. The molecule has 94 valence electrons. The average molecular weight is 235 g/mol. The molecule has 3 nitrogen and oxygen atoms in total. The fourth-order valence-corrected chi connectivity index (χ4v) is 2.20. The Kier molecular flexibility index (Phi) is 4.13. The van der Waals surface area contributed by atoms with Gasteiger partial charge in [-0.1, -0.05) is 13.0 Å². The van der Waals surface area contributed by atoms with Crippen LogP contribution >= 0.6 is 0 Å². The van der Waals surface area contributed by atoms with E-state index in [2.05, 4.69) is 18.0 Å². The van der Waals surface area contributed by atoms with Crippen molar-refractivity contribution in [3.05, 3.63) is 29.6 Å². The quantitative estimate of drug-likeness (QED) is 0.819. The third kappa shape index (κ3) is 3.27. The van der Waals surface area contributed by atoms with Crippen LogP contribution in [0.5, 0.6) is 0 Å². The number of aromatic nitrogens is 1. The van der Waals surface area contributed by atoms with Crippen LogP contribution in [0.15, 0.2) is 18.3 Å². The SMILES string of the molecule is CCc1ccc(CC(O)C(OC)C2CC2)nc1. The number of pyridine rings is 1. The highest BCUT2D eigenvalue weighted by Gasteiger charge is 2.36. The van der Waals surface area contributed by atoms with Crippen LogP contribution in [0.3, 0.4) is 0 Å². The van der Waals surface area contributed by atoms with Gasteiger partial charge in [0.2, 0.25) is 0 Å². The maximum absolute atomic E-state index is 10.1. The average Bonchev–Trinajstić information content (AvgIpc) is 3.15. The summed E-state index contributed by atoms with van der Waals surface area (Å²) in [5, 5.41) is 10.1. The molecule has 1 aliphatic rings. The molecule has 1 aliphatic carbocycles. The lowest BCUT2D eigenvalue weighted by Gasteiger charge is -2.20. The smallest absolute Gasteiger partial charge is 0.0862 e. The van der Waals surface area contributed by atoms with Gasteiger partial charge in [-0.25, -0.2) is 0 Å². The topological polar surface area (TPSA) is 42.4 Å². The molecule has 1 aromatic rings. The van der Waals surface area contributed by atoms with E-state index >= 15 is 0 Å². The van der Waals surface area contributed by atoms with Crippen molar-refractivity contribution in [2.45, 2.75) is 44.8 Å². The van der Waals surface area contributed by atoms with Gasteiger partial charge < -0.3 is 9.84 Å². The summed E-state index contributed by atoms with van der Waals surface area (Å²) in [6, 6.07) is 4.08. The van der Waals surface area contributed by atoms with Gasteiger partial charge >= 0.3 is 0 Å². The van der Waals surface area contributed by atoms with E-state index in [4.69, 9.17) is 4.74 Å². The molecule has 1 heterocycles. The molecule has 0 saturated heterocycles. The molecule has 2 unspecified atom stereocenters. The Hall–Kier alpha value is -0.930. The number of ether oxygens (including phenoxy) is 1. The summed E-state index contributed by atoms with van der Waals surface area (Å²) in [7, 11) is 1.68. The fourth-order valence-electron chi connectivity index (χ4n) is 2.20. The molecule has 2 atom stereocenters. The van der Waals surface area contributed by atoms with Crippen molar-refractivity contribution in [3.63, 3.8) is 0 Å². The van der Waals surface area contributed by atoms with Crippen LogP contribution < -0.4 is 0 Å². The van der Waals surface area contributed by atoms with Gasteiger partial charge in [-0.05, 0) is 36.8 Å². The van der Waals surface area contributed by atoms with Gasteiger partial charge in [0.05, 0.1) is 12.2 Å². The van der Waals surface area contributed by atoms with Crippen LogP contribution in [0.1, 0.15) is 31.0 Å². The van der Waals surface area contributed by atoms with E-state index in [-0.39, 0.29) is 6.10 Å². The second kappa shape index (κ2) is 5.61. The first-order valence-corrected chi connectivity index (χ1v) is 6.39. The van der Waals surface area contributed by atoms with Crippen LogP contribution in [0, 0.1) is 5.92 Å². The molecule has 3 heteroatoms. The highest BCUT2D eigenvalue weighted by Crippen LogP contribution is 2.36. The van der Waals surface area contributed by atoms with Gasteiger partial charge in [-0.15, -0.1) is 0 Å². The van der Waals surface area contributed by atoms with Crippen molar-refractivity contribution in [1.29, 1.82) is 0 Å². The van der Waals surface area contributed by atoms with Gasteiger partial charge in [0.25, 0.3) is 0 Å². The van der Waals surface area contributed by atoms with Crippen molar-refractivity contribution < 1.29 is 9.84 Å². The zero-order chi connectivity index (χ0) is 12.3. The largest absolute Gasteiger partial charge is 0.390 e. The lowest BCUT2D eigenvalue weighted by Crippen LogP contribution is -2.32. The molecule has 1 N–H and O–H groups in total. The number of hydrogen-bond donors (Lipinski definition) is 1. The van der Waals surface area contributed by atoms with E-state index in [0.29, 0.717) is 12.3 Å². The number of aliphatic hydroxyl groups is 1. The predicted molar refractivity (Wildman–Crippen MR) is 66.8 cm³/mol. The minimum Gasteiger partial charge on any atom is -0.390 e. The number of hydrogen-bond acceptors (Lipinski definition) is 3. The number of methoxy groups -OCH3 is 1. The lowest BCUT2D eigenvalue weighted by molar-refractivity contribution is -0.0241. The minimum absolute atomic E-state index is 0.0253. The molecule has 0 spiro atoms. The zero-order valence-electron chi connectivity index (χ0n) is 10.6. The molecule has 17 heavy (non-hydrogen) atoms. The van der Waals surface area contributed by atoms with E-state index < -0.39 is 6.10 Å². The number of rotatable bonds is 6. The van der Waals surface area contributed by atoms with E-state index in [1.807, 2.05) is 12.3 Å². The van der Waals surface area contributed by atoms with Crippen molar-refractivity contribution >= 4 is 0 Å². The number of nitrogens with zero attached hydrogens (tertiary/aromatic N) is 1. The molecule has 0 radical (unpaired) electrons. The molecule has 1 saturated carbocycles. The summed E-state index contributed by atoms with van der Waals surface area (Å²) in [6.07, 6.45) is 5.36. The van der Waals surface area contributed by atoms with Gasteiger partial charge in [-0.2, -0.15) is 0 Å². The van der Waals surface area contributed by atoms with Crippen LogP contribution in [-0.4, -0.2) is 29.4 Å². The summed E-state index contributed by atoms with van der Waals surface area (Å²) in [5.41, 5.74) is 2.17. The molecular weight excluding hydrogens is 214 g/mol. The van der Waals surface area contributed by atoms with Crippen molar-refractivity contribution in [2.24, 2.45) is 5.92 Å². The van der Waals surface area contributed by atoms with Crippen LogP contribution in [0.25, 0.3) is 0 Å². The zero-order valence-corrected chi connectivity index (χ0v) is 10.6. The Morgan fingerprint density at radius 1 is 1.47 bits per heavy atom. The maximum atomic E-state index is 10.1. The van der Waals surface area contributed by atoms with Gasteiger partial charge in [-0.3, -0.25) is 4.98 Å². The van der Waals surface area contributed by atoms with Gasteiger partial charge in [0, 0.05) is 25.4 Å². The molecule has 0 aliphatic heterocycles. The van der Waals surface area contributed by atoms with Crippen molar-refractivity contribution in [1.82, 2.24) is 4.98 Å². The Bertz CT molecular complexity index is 346. The maximum Gasteiger partial charge on any atom is 0.0862 e. The van der Waals surface area contributed by atoms with Crippen molar-refractivity contribution in [2.75, 3.05) is 7.11 Å². The lowest BCUT2D eigenvalue weighted by atomic mass is 10.0. The Balaban J connectivity index is 1.93. The molecule has 1 aromatic heterocycles. The van der Waals surface area contributed by atoms with E-state index in [1.54, 1.807) is 7.11 Å². The molecular formula is C14H21NO2. The van der Waals surface area contributed by atoms with Crippen LogP contribution in [0.4, 0.5) is 0 Å². The van der Waals surface area contributed by atoms with Gasteiger partial charge in [0.15, 0.2) is 0 Å². The Morgan fingerprint density at radius 2 is 2.24 bits per heavy atom. The van der Waals surface area contributed by atoms with Crippen LogP contribution in [-0.2, 0) is 17.6 Å². The van der Waals surface area contributed by atoms with Crippen LogP contribution in [0.2, 0.25) is 0 Å². The summed E-state index contributed by atoms with van der Waals surface area (Å²) < 4.78 is 5.38. The third-order valence-electron chi connectivity index (χ3n) is 3.45. The predicted octanol–water partition coefficient (Wildman–Crippen LogP) is 1.97. The van der Waals surface area contributed by atoms with E-state index in [0.717, 1.165) is 12.1 Å². The first-order valence-electron chi connectivity index (χ1n) is 6.39. The summed E-state index contributed by atoms with van der Waals surface area (Å²) in [6.45, 7) is 2.11. The summed E-state index contributed by atoms with van der Waals surface area (Å²) in [5.74, 6) is 0.546. The second-order valence-electron chi connectivity index (χ2n) is 4.82. The third-order valence-corrected chi connectivity index (χ3v) is 3.45. The Labute approximate surface area is 103 Å². The van der Waals surface area contributed by atoms with Crippen molar-refractivity contribution in [3.8, 4) is 0 Å². The molecule has 0 bridgehead atoms. The summed E-state index contributed by atoms with van der Waals surface area (Å²) >= 11 is 0. The van der Waals surface area contributed by atoms with E-state index in [1.165, 1.54) is 18.4 Å². The normalized spacial score (nSPS) is 19.0. The monoisotopic (exact) mass is 235 g/mol. The second-order valence-corrected chi connectivity index (χ2v) is 4.82. The highest BCUT2D eigenvalue weighted by molar-refractivity contribution is 5.14. The summed E-state index contributed by atoms with van der Waals surface area (Å²) in [4.78, 5) is 4.37. The van der Waals surface area contributed by atoms with E-state index in [9.17, 15) is 5.11 Å². The molecule has 2 rings (SSSR count). The van der Waals surface area contributed by atoms with Gasteiger partial charge in [0.1, 0.15) is 0 Å². The molecule has 0 amide bonds. The minimum atomic E-state index is -0.438. The fraction of sp³-hybridized carbons (Fsp3) is 0.643. The molecule has 0 aromatic carbocycles. The number of aryl methyl sites for hydroxylation is 1. The first-order chi connectivity index (χ1) is 8.24. The standard InChI is InChI=1S/C14H21NO2/c1-3-10-4-7-12(15-9-10)8-13(16)14(17-2)11-5-6-11/h4,7,9,11,13-14,16H,3,5-6,8H2,1-2H3. The highest BCUT2D eigenvalue weighted by atomic mass is 16.5.